The second kappa shape index (κ2) is 4.40. The molecule has 1 atom stereocenters. The lowest BCUT2D eigenvalue weighted by atomic mass is 9.89. The van der Waals surface area contributed by atoms with Gasteiger partial charge >= 0.3 is 0 Å². The van der Waals surface area contributed by atoms with E-state index in [0.717, 1.165) is 19.4 Å². The van der Waals surface area contributed by atoms with Crippen molar-refractivity contribution in [1.29, 1.82) is 0 Å². The van der Waals surface area contributed by atoms with E-state index in [4.69, 9.17) is 5.11 Å². The number of aliphatic hydroxyl groups excluding tert-OH is 1. The van der Waals surface area contributed by atoms with Gasteiger partial charge < -0.3 is 15.7 Å². The third-order valence-electron chi connectivity index (χ3n) is 3.18. The predicted molar refractivity (Wildman–Crippen MR) is 52.7 cm³/mol. The van der Waals surface area contributed by atoms with Crippen LogP contribution in [0.3, 0.4) is 0 Å². The molecule has 3 heteroatoms. The number of aliphatic hydroxyl groups is 1. The summed E-state index contributed by atoms with van der Waals surface area (Å²) in [5.41, 5.74) is 0. The van der Waals surface area contributed by atoms with Crippen molar-refractivity contribution in [3.05, 3.63) is 0 Å². The Kier molecular flexibility index (Phi) is 3.19. The highest BCUT2D eigenvalue weighted by molar-refractivity contribution is 4.86. The summed E-state index contributed by atoms with van der Waals surface area (Å²) in [5, 5.41) is 16.1. The van der Waals surface area contributed by atoms with Gasteiger partial charge in [0.05, 0.1) is 6.10 Å². The average molecular weight is 184 g/mol. The molecule has 1 saturated heterocycles. The number of piperidine rings is 1. The van der Waals surface area contributed by atoms with E-state index in [0.29, 0.717) is 12.1 Å². The average Bonchev–Trinajstić information content (AvgIpc) is 2.12. The molecule has 0 aromatic carbocycles. The highest BCUT2D eigenvalue weighted by Crippen LogP contribution is 2.19. The first-order chi connectivity index (χ1) is 6.34. The molecule has 3 N–H and O–H groups in total. The van der Waals surface area contributed by atoms with Crippen molar-refractivity contribution >= 4 is 0 Å². The first kappa shape index (κ1) is 9.44. The van der Waals surface area contributed by atoms with Gasteiger partial charge in [-0.3, -0.25) is 0 Å². The SMILES string of the molecule is OC1CC(NCC2CCCCN2)C1. The second-order valence-corrected chi connectivity index (χ2v) is 4.38. The van der Waals surface area contributed by atoms with Crippen molar-refractivity contribution in [2.24, 2.45) is 0 Å². The van der Waals surface area contributed by atoms with Gasteiger partial charge in [-0.05, 0) is 32.2 Å². The van der Waals surface area contributed by atoms with Crippen molar-refractivity contribution in [3.63, 3.8) is 0 Å². The van der Waals surface area contributed by atoms with Gasteiger partial charge in [-0.2, -0.15) is 0 Å². The van der Waals surface area contributed by atoms with E-state index >= 15 is 0 Å². The molecule has 2 fully saturated rings. The fourth-order valence-electron chi connectivity index (χ4n) is 2.16. The largest absolute Gasteiger partial charge is 0.393 e. The summed E-state index contributed by atoms with van der Waals surface area (Å²) in [6, 6.07) is 1.25. The molecule has 13 heavy (non-hydrogen) atoms. The molecule has 0 radical (unpaired) electrons. The lowest BCUT2D eigenvalue weighted by molar-refractivity contribution is 0.0612. The maximum absolute atomic E-state index is 9.10. The van der Waals surface area contributed by atoms with Gasteiger partial charge in [0, 0.05) is 18.6 Å². The Morgan fingerprint density at radius 1 is 1.31 bits per heavy atom. The van der Waals surface area contributed by atoms with E-state index < -0.39 is 0 Å². The van der Waals surface area contributed by atoms with Crippen LogP contribution in [0.2, 0.25) is 0 Å². The summed E-state index contributed by atoms with van der Waals surface area (Å²) < 4.78 is 0. The van der Waals surface area contributed by atoms with Crippen LogP contribution in [0.1, 0.15) is 32.1 Å². The van der Waals surface area contributed by atoms with Crippen LogP contribution >= 0.6 is 0 Å². The number of hydrogen-bond acceptors (Lipinski definition) is 3. The van der Waals surface area contributed by atoms with Gasteiger partial charge in [0.2, 0.25) is 0 Å². The molecular weight excluding hydrogens is 164 g/mol. The van der Waals surface area contributed by atoms with Crippen LogP contribution < -0.4 is 10.6 Å². The van der Waals surface area contributed by atoms with E-state index in [9.17, 15) is 0 Å². The van der Waals surface area contributed by atoms with Crippen molar-refractivity contribution in [3.8, 4) is 0 Å². The fourth-order valence-corrected chi connectivity index (χ4v) is 2.16. The van der Waals surface area contributed by atoms with Crippen molar-refractivity contribution < 1.29 is 5.11 Å². The first-order valence-electron chi connectivity index (χ1n) is 5.49. The van der Waals surface area contributed by atoms with Crippen LogP contribution in [0.4, 0.5) is 0 Å². The van der Waals surface area contributed by atoms with E-state index in [1.807, 2.05) is 0 Å². The fraction of sp³-hybridized carbons (Fsp3) is 1.00. The minimum Gasteiger partial charge on any atom is -0.393 e. The smallest absolute Gasteiger partial charge is 0.0570 e. The summed E-state index contributed by atoms with van der Waals surface area (Å²) in [7, 11) is 0. The Balaban J connectivity index is 1.56. The van der Waals surface area contributed by atoms with Gasteiger partial charge in [-0.15, -0.1) is 0 Å². The summed E-state index contributed by atoms with van der Waals surface area (Å²) in [4.78, 5) is 0. The Morgan fingerprint density at radius 3 is 2.77 bits per heavy atom. The summed E-state index contributed by atoms with van der Waals surface area (Å²) in [5.74, 6) is 0. The van der Waals surface area contributed by atoms with Crippen LogP contribution in [0.15, 0.2) is 0 Å². The number of hydrogen-bond donors (Lipinski definition) is 3. The van der Waals surface area contributed by atoms with Gasteiger partial charge in [-0.1, -0.05) is 6.42 Å². The van der Waals surface area contributed by atoms with E-state index in [2.05, 4.69) is 10.6 Å². The molecule has 2 rings (SSSR count). The molecule has 0 amide bonds. The van der Waals surface area contributed by atoms with Gasteiger partial charge in [0.25, 0.3) is 0 Å². The van der Waals surface area contributed by atoms with E-state index in [1.165, 1.54) is 25.8 Å². The highest BCUT2D eigenvalue weighted by Gasteiger charge is 2.27. The first-order valence-corrected chi connectivity index (χ1v) is 5.49. The van der Waals surface area contributed by atoms with Gasteiger partial charge in [0.1, 0.15) is 0 Å². The molecule has 76 valence electrons. The molecule has 0 spiro atoms. The van der Waals surface area contributed by atoms with E-state index in [-0.39, 0.29) is 6.10 Å². The minimum absolute atomic E-state index is 0.0307. The molecule has 2 aliphatic rings. The standard InChI is InChI=1S/C10H20N2O/c13-10-5-9(6-10)12-7-8-3-1-2-4-11-8/h8-13H,1-7H2. The molecule has 0 bridgehead atoms. The third kappa shape index (κ3) is 2.66. The van der Waals surface area contributed by atoms with Gasteiger partial charge in [-0.25, -0.2) is 0 Å². The summed E-state index contributed by atoms with van der Waals surface area (Å²) in [6.07, 6.45) is 5.88. The second-order valence-electron chi connectivity index (χ2n) is 4.38. The zero-order chi connectivity index (χ0) is 9.10. The topological polar surface area (TPSA) is 44.3 Å². The lowest BCUT2D eigenvalue weighted by Gasteiger charge is -2.34. The Hall–Kier alpha value is -0.120. The molecule has 0 aromatic heterocycles. The molecular formula is C10H20N2O. The molecule has 1 aliphatic carbocycles. The molecule has 1 aliphatic heterocycles. The number of nitrogens with one attached hydrogen (secondary N) is 2. The number of rotatable bonds is 3. The van der Waals surface area contributed by atoms with Gasteiger partial charge in [0.15, 0.2) is 0 Å². The maximum Gasteiger partial charge on any atom is 0.0570 e. The normalized spacial score (nSPS) is 39.9. The zero-order valence-corrected chi connectivity index (χ0v) is 8.13. The Bertz CT molecular complexity index is 151. The van der Waals surface area contributed by atoms with Crippen LogP contribution in [-0.2, 0) is 0 Å². The molecule has 1 saturated carbocycles. The van der Waals surface area contributed by atoms with Crippen molar-refractivity contribution in [1.82, 2.24) is 10.6 Å². The third-order valence-corrected chi connectivity index (χ3v) is 3.18. The van der Waals surface area contributed by atoms with Crippen molar-refractivity contribution in [2.75, 3.05) is 13.1 Å². The highest BCUT2D eigenvalue weighted by atomic mass is 16.3. The van der Waals surface area contributed by atoms with Crippen LogP contribution in [0, 0.1) is 0 Å². The molecule has 1 unspecified atom stereocenters. The Labute approximate surface area is 79.9 Å². The van der Waals surface area contributed by atoms with E-state index in [1.54, 1.807) is 0 Å². The maximum atomic E-state index is 9.10. The predicted octanol–water partition coefficient (Wildman–Crippen LogP) is 0.241. The minimum atomic E-state index is -0.0307. The Morgan fingerprint density at radius 2 is 2.15 bits per heavy atom. The zero-order valence-electron chi connectivity index (χ0n) is 8.13. The monoisotopic (exact) mass is 184 g/mol. The molecule has 1 heterocycles. The molecule has 3 nitrogen and oxygen atoms in total. The van der Waals surface area contributed by atoms with Crippen molar-refractivity contribution in [2.45, 2.75) is 50.3 Å². The summed E-state index contributed by atoms with van der Waals surface area (Å²) in [6.45, 7) is 2.26. The van der Waals surface area contributed by atoms with Crippen LogP contribution in [0.25, 0.3) is 0 Å². The van der Waals surface area contributed by atoms with Crippen LogP contribution in [0.5, 0.6) is 0 Å². The summed E-state index contributed by atoms with van der Waals surface area (Å²) >= 11 is 0. The molecule has 0 aromatic rings. The van der Waals surface area contributed by atoms with Crippen LogP contribution in [-0.4, -0.2) is 36.4 Å². The lowest BCUT2D eigenvalue weighted by Crippen LogP contribution is -2.50. The quantitative estimate of drug-likeness (QED) is 0.589.